The van der Waals surface area contributed by atoms with Gasteiger partial charge in [-0.2, -0.15) is 40.3 Å². The largest absolute Gasteiger partial charge is 0.338 e. The fourth-order valence-electron chi connectivity index (χ4n) is 8.49. The predicted octanol–water partition coefficient (Wildman–Crippen LogP) is 11.2. The Morgan fingerprint density at radius 3 is 1.85 bits per heavy atom. The fraction of sp³-hybridized carbons (Fsp3) is 0.255. The Morgan fingerprint density at radius 2 is 1.30 bits per heavy atom. The van der Waals surface area contributed by atoms with Gasteiger partial charge in [0.25, 0.3) is 30.4 Å². The highest BCUT2D eigenvalue weighted by molar-refractivity contribution is 7.86. The molecule has 4 aromatic heterocycles. The highest BCUT2D eigenvalue weighted by Gasteiger charge is 2.31. The lowest BCUT2D eigenvalue weighted by atomic mass is 9.98. The number of aryl methyl sites for hydroxylation is 7. The Morgan fingerprint density at radius 1 is 0.704 bits per heavy atom. The van der Waals surface area contributed by atoms with E-state index in [-0.39, 0.29) is 65.6 Å². The molecule has 0 amide bonds. The third kappa shape index (κ3) is 9.79. The van der Waals surface area contributed by atoms with Gasteiger partial charge in [-0.25, -0.2) is 15.0 Å². The van der Waals surface area contributed by atoms with Gasteiger partial charge in [-0.3, -0.25) is 18.6 Å². The molecule has 0 unspecified atom stereocenters. The normalized spacial score (nSPS) is 12.4. The number of pyridine rings is 1. The first-order valence-corrected chi connectivity index (χ1v) is 28.0. The van der Waals surface area contributed by atoms with Gasteiger partial charge >= 0.3 is 0 Å². The summed E-state index contributed by atoms with van der Waals surface area (Å²) in [6.45, 7) is 14.7. The number of anilines is 5. The van der Waals surface area contributed by atoms with E-state index in [1.54, 1.807) is 44.7 Å². The minimum Gasteiger partial charge on any atom is -0.338 e. The Kier molecular flexibility index (Phi) is 13.8. The molecule has 0 spiro atoms. The maximum absolute atomic E-state index is 13.2. The van der Waals surface area contributed by atoms with Gasteiger partial charge in [-0.15, -0.1) is 10.2 Å². The van der Waals surface area contributed by atoms with E-state index < -0.39 is 30.4 Å². The standard InChI is InChI=1S/C47H46N10O9S5/c1-9-28-17-24(5)18-29(10-2)41(28)52-44-40(53-54-45-34(23-48)27(8)55-57(45)47-50-36-16-14-32(70(61,62)63)22-38(36)68-47)25(6)20-39(51-44)56(46-49-35-15-13-31(69(58,59)60)21-37(35)67-46)42-30(11-3)19-26(7)43(33(42)12-4)71(64,65)66/h13-22H,9-12H2,1-8H3,(H,51,52)(H,58,59,60)(H,61,62,63)(H,64,65,66). The first kappa shape index (κ1) is 50.8. The number of fused-ring (bicyclic) bond motifs is 2. The zero-order valence-corrected chi connectivity index (χ0v) is 43.5. The van der Waals surface area contributed by atoms with Crippen LogP contribution in [0, 0.1) is 39.0 Å². The van der Waals surface area contributed by atoms with Crippen LogP contribution in [0.2, 0.25) is 0 Å². The van der Waals surface area contributed by atoms with Crippen LogP contribution < -0.4 is 10.2 Å². The van der Waals surface area contributed by atoms with Crippen LogP contribution in [0.5, 0.6) is 0 Å². The molecular weight excluding hydrogens is 1010 g/mol. The predicted molar refractivity (Wildman–Crippen MR) is 273 cm³/mol. The average molecular weight is 1060 g/mol. The van der Waals surface area contributed by atoms with Crippen LogP contribution in [-0.2, 0) is 56.0 Å². The number of benzene rings is 4. The van der Waals surface area contributed by atoms with Crippen LogP contribution in [0.3, 0.4) is 0 Å². The number of azo groups is 1. The van der Waals surface area contributed by atoms with E-state index in [0.717, 1.165) is 45.1 Å². The van der Waals surface area contributed by atoms with Crippen molar-refractivity contribution in [3.63, 3.8) is 0 Å². The maximum Gasteiger partial charge on any atom is 0.295 e. The number of nitrogens with one attached hydrogen (secondary N) is 1. The molecule has 0 saturated heterocycles. The topological polar surface area (TPSA) is 283 Å². The number of nitriles is 1. The molecule has 0 aliphatic rings. The van der Waals surface area contributed by atoms with Crippen molar-refractivity contribution in [1.82, 2.24) is 24.7 Å². The van der Waals surface area contributed by atoms with Crippen molar-refractivity contribution in [3.8, 4) is 11.2 Å². The first-order valence-electron chi connectivity index (χ1n) is 22.0. The van der Waals surface area contributed by atoms with Gasteiger partial charge in [0.1, 0.15) is 28.0 Å². The Balaban J connectivity index is 1.42. The summed E-state index contributed by atoms with van der Waals surface area (Å²) in [5.41, 5.74) is 7.26. The molecule has 8 aromatic rings. The summed E-state index contributed by atoms with van der Waals surface area (Å²) in [6, 6.07) is 17.6. The summed E-state index contributed by atoms with van der Waals surface area (Å²) in [5, 5.41) is 28.5. The fourth-order valence-corrected chi connectivity index (χ4v) is 12.7. The summed E-state index contributed by atoms with van der Waals surface area (Å²) in [7, 11) is -13.9. The minimum absolute atomic E-state index is 0.00486. The first-order chi connectivity index (χ1) is 33.5. The molecule has 0 saturated carbocycles. The number of nitrogens with zero attached hydrogens (tertiary/aromatic N) is 9. The quantitative estimate of drug-likeness (QED) is 0.0548. The summed E-state index contributed by atoms with van der Waals surface area (Å²) in [6.07, 6.45) is 1.80. The number of rotatable bonds is 15. The SMILES string of the molecule is CCc1cc(C)cc(CC)c1Nc1nc(N(c2nc3ccc(S(=O)(=O)O)cc3s2)c2c(CC)cc(C)c(S(=O)(=O)O)c2CC)cc(C)c1N=Nc1c(C#N)c(C)nn1-c1nc2ccc(S(=O)(=O)O)cc2s1. The van der Waals surface area contributed by atoms with Crippen LogP contribution >= 0.6 is 22.7 Å². The van der Waals surface area contributed by atoms with Crippen molar-refractivity contribution in [2.24, 2.45) is 10.2 Å². The van der Waals surface area contributed by atoms with Crippen molar-refractivity contribution in [3.05, 3.63) is 111 Å². The highest BCUT2D eigenvalue weighted by atomic mass is 32.2. The molecule has 4 aromatic carbocycles. The molecule has 0 radical (unpaired) electrons. The third-order valence-corrected chi connectivity index (χ3v) is 16.5. The molecule has 0 atom stereocenters. The second kappa shape index (κ2) is 19.2. The van der Waals surface area contributed by atoms with E-state index >= 15 is 0 Å². The molecule has 24 heteroatoms. The summed E-state index contributed by atoms with van der Waals surface area (Å²) in [5.74, 6) is 0.410. The number of thiazole rings is 2. The molecule has 19 nitrogen and oxygen atoms in total. The maximum atomic E-state index is 13.2. The average Bonchev–Trinajstić information content (AvgIpc) is 4.02. The van der Waals surface area contributed by atoms with Gasteiger partial charge < -0.3 is 5.32 Å². The minimum atomic E-state index is -4.79. The van der Waals surface area contributed by atoms with Crippen LogP contribution in [0.4, 0.5) is 39.6 Å². The van der Waals surface area contributed by atoms with E-state index in [9.17, 15) is 44.2 Å². The second-order valence-electron chi connectivity index (χ2n) is 16.5. The van der Waals surface area contributed by atoms with Gasteiger partial charge in [-0.05, 0) is 129 Å². The van der Waals surface area contributed by atoms with Crippen molar-refractivity contribution in [2.45, 2.75) is 95.8 Å². The van der Waals surface area contributed by atoms with Gasteiger partial charge in [0.15, 0.2) is 16.8 Å². The van der Waals surface area contributed by atoms with E-state index in [0.29, 0.717) is 67.8 Å². The van der Waals surface area contributed by atoms with Crippen LogP contribution in [-0.4, -0.2) is 63.6 Å². The number of aromatic nitrogens is 5. The van der Waals surface area contributed by atoms with Crippen LogP contribution in [0.25, 0.3) is 25.6 Å². The smallest absolute Gasteiger partial charge is 0.295 e. The third-order valence-electron chi connectivity index (χ3n) is 11.7. The van der Waals surface area contributed by atoms with E-state index in [1.807, 2.05) is 27.7 Å². The highest BCUT2D eigenvalue weighted by Crippen LogP contribution is 2.47. The Labute approximate surface area is 417 Å². The second-order valence-corrected chi connectivity index (χ2v) is 22.7. The van der Waals surface area contributed by atoms with Gasteiger partial charge in [0, 0.05) is 5.69 Å². The van der Waals surface area contributed by atoms with Crippen molar-refractivity contribution in [1.29, 1.82) is 5.26 Å². The summed E-state index contributed by atoms with van der Waals surface area (Å²) in [4.78, 5) is 15.5. The number of hydrogen-bond donors (Lipinski definition) is 4. The van der Waals surface area contributed by atoms with Crippen LogP contribution in [0.15, 0.2) is 85.6 Å². The van der Waals surface area contributed by atoms with Crippen LogP contribution in [0.1, 0.15) is 77.9 Å². The molecular formula is C47H46N10O9S5. The molecule has 368 valence electrons. The monoisotopic (exact) mass is 1050 g/mol. The molecule has 4 N–H and O–H groups in total. The van der Waals surface area contributed by atoms with Gasteiger partial charge in [-0.1, -0.05) is 74.1 Å². The zero-order chi connectivity index (χ0) is 51.5. The van der Waals surface area contributed by atoms with Crippen molar-refractivity contribution in [2.75, 3.05) is 10.2 Å². The number of hydrogen-bond acceptors (Lipinski definition) is 17. The lowest BCUT2D eigenvalue weighted by Gasteiger charge is -2.29. The Bertz CT molecular complexity index is 3890. The molecule has 0 aliphatic heterocycles. The molecule has 8 rings (SSSR count). The lowest BCUT2D eigenvalue weighted by molar-refractivity contribution is 0.479. The molecule has 4 heterocycles. The molecule has 71 heavy (non-hydrogen) atoms. The lowest BCUT2D eigenvalue weighted by Crippen LogP contribution is -2.19. The summed E-state index contributed by atoms with van der Waals surface area (Å²) >= 11 is 2.12. The van der Waals surface area contributed by atoms with Crippen molar-refractivity contribution < 1.29 is 38.9 Å². The van der Waals surface area contributed by atoms with Crippen molar-refractivity contribution >= 4 is 113 Å². The van der Waals surface area contributed by atoms with E-state index in [1.165, 1.54) is 41.1 Å². The van der Waals surface area contributed by atoms with E-state index in [2.05, 4.69) is 38.7 Å². The molecule has 0 aliphatic carbocycles. The van der Waals surface area contributed by atoms with Gasteiger partial charge in [0.2, 0.25) is 5.13 Å². The molecule has 0 bridgehead atoms. The van der Waals surface area contributed by atoms with E-state index in [4.69, 9.17) is 15.1 Å². The summed E-state index contributed by atoms with van der Waals surface area (Å²) < 4.78 is 107. The van der Waals surface area contributed by atoms with Gasteiger partial charge in [0.05, 0.1) is 41.6 Å². The zero-order valence-electron chi connectivity index (χ0n) is 39.5. The Hall–Kier alpha value is -6.56. The molecule has 0 fully saturated rings.